The monoisotopic (exact) mass is 384 g/mol. The Kier molecular flexibility index (Phi) is 6.68. The van der Waals surface area contributed by atoms with Crippen molar-refractivity contribution < 1.29 is 14.3 Å². The van der Waals surface area contributed by atoms with Gasteiger partial charge >= 0.3 is 0 Å². The van der Waals surface area contributed by atoms with Crippen molar-refractivity contribution in [3.63, 3.8) is 0 Å². The van der Waals surface area contributed by atoms with Gasteiger partial charge in [0, 0.05) is 26.0 Å². The van der Waals surface area contributed by atoms with Crippen LogP contribution in [0.1, 0.15) is 45.2 Å². The van der Waals surface area contributed by atoms with Gasteiger partial charge in [-0.15, -0.1) is 0 Å². The van der Waals surface area contributed by atoms with Crippen LogP contribution in [0.25, 0.3) is 0 Å². The highest BCUT2D eigenvalue weighted by atomic mass is 16.5. The Balaban J connectivity index is 1.55. The zero-order valence-corrected chi connectivity index (χ0v) is 16.7. The number of nitrogens with one attached hydrogen (secondary N) is 1. The number of anilines is 1. The Bertz CT molecular complexity index is 781. The van der Waals surface area contributed by atoms with Gasteiger partial charge in [-0.3, -0.25) is 4.79 Å². The molecule has 2 aromatic rings. The van der Waals surface area contributed by atoms with Crippen LogP contribution in [-0.2, 0) is 4.79 Å². The van der Waals surface area contributed by atoms with Crippen LogP contribution in [0, 0.1) is 0 Å². The van der Waals surface area contributed by atoms with E-state index in [0.29, 0.717) is 12.5 Å². The van der Waals surface area contributed by atoms with Gasteiger partial charge in [0.25, 0.3) is 0 Å². The minimum Gasteiger partial charge on any atom is -0.489 e. The fraction of sp³-hybridized carbons (Fsp3) is 0.476. The number of hydrogen-bond donors (Lipinski definition) is 1. The Hall–Kier alpha value is -2.83. The lowest BCUT2D eigenvalue weighted by Crippen LogP contribution is -2.25. The second kappa shape index (κ2) is 9.39. The Labute approximate surface area is 166 Å². The number of aromatic nitrogens is 2. The van der Waals surface area contributed by atoms with Crippen LogP contribution in [0.5, 0.6) is 11.6 Å². The molecular formula is C21H28N4O3. The first-order valence-electron chi connectivity index (χ1n) is 9.78. The van der Waals surface area contributed by atoms with Crippen molar-refractivity contribution in [3.05, 3.63) is 42.2 Å². The average Bonchev–Trinajstić information content (AvgIpc) is 3.15. The molecule has 0 saturated carbocycles. The summed E-state index contributed by atoms with van der Waals surface area (Å²) in [6, 6.07) is 9.76. The molecule has 28 heavy (non-hydrogen) atoms. The summed E-state index contributed by atoms with van der Waals surface area (Å²) in [4.78, 5) is 21.9. The molecule has 1 aromatic carbocycles. The zero-order chi connectivity index (χ0) is 19.9. The van der Waals surface area contributed by atoms with Gasteiger partial charge in [-0.1, -0.05) is 19.1 Å². The Morgan fingerprint density at radius 1 is 1.32 bits per heavy atom. The molecule has 3 rings (SSSR count). The highest BCUT2D eigenvalue weighted by Gasteiger charge is 2.25. The predicted molar refractivity (Wildman–Crippen MR) is 108 cm³/mol. The SMILES string of the molecule is CCCOc1cc(N2CC[C@@H](Oc3ccc([C@H](C)NC(C)=O)cc3)C2)ncn1. The number of amides is 1. The molecule has 1 fully saturated rings. The largest absolute Gasteiger partial charge is 0.489 e. The number of carbonyl (C=O) groups excluding carboxylic acids is 1. The normalized spacial score (nSPS) is 17.2. The third kappa shape index (κ3) is 5.34. The lowest BCUT2D eigenvalue weighted by Gasteiger charge is -2.19. The van der Waals surface area contributed by atoms with Crippen LogP contribution in [0.15, 0.2) is 36.7 Å². The van der Waals surface area contributed by atoms with Gasteiger partial charge in [0.05, 0.1) is 19.2 Å². The Morgan fingerprint density at radius 2 is 2.11 bits per heavy atom. The van der Waals surface area contributed by atoms with Crippen LogP contribution in [0.2, 0.25) is 0 Å². The van der Waals surface area contributed by atoms with Gasteiger partial charge < -0.3 is 19.7 Å². The molecule has 2 heterocycles. The van der Waals surface area contributed by atoms with E-state index >= 15 is 0 Å². The lowest BCUT2D eigenvalue weighted by atomic mass is 10.1. The molecule has 1 aliphatic rings. The maximum Gasteiger partial charge on any atom is 0.218 e. The van der Waals surface area contributed by atoms with Gasteiger partial charge in [-0.05, 0) is 31.0 Å². The van der Waals surface area contributed by atoms with E-state index in [1.807, 2.05) is 37.3 Å². The van der Waals surface area contributed by atoms with Crippen LogP contribution < -0.4 is 19.7 Å². The molecule has 2 atom stereocenters. The van der Waals surface area contributed by atoms with Gasteiger partial charge in [0.15, 0.2) is 0 Å². The molecule has 1 saturated heterocycles. The van der Waals surface area contributed by atoms with E-state index in [0.717, 1.165) is 43.1 Å². The van der Waals surface area contributed by atoms with Gasteiger partial charge in [-0.25, -0.2) is 9.97 Å². The first-order valence-corrected chi connectivity index (χ1v) is 9.78. The number of carbonyl (C=O) groups is 1. The van der Waals surface area contributed by atoms with Crippen LogP contribution in [0.4, 0.5) is 5.82 Å². The number of rotatable bonds is 8. The summed E-state index contributed by atoms with van der Waals surface area (Å²) < 4.78 is 11.7. The fourth-order valence-corrected chi connectivity index (χ4v) is 3.24. The second-order valence-corrected chi connectivity index (χ2v) is 7.03. The first kappa shape index (κ1) is 19.9. The molecule has 1 aliphatic heterocycles. The number of nitrogens with zero attached hydrogens (tertiary/aromatic N) is 3. The summed E-state index contributed by atoms with van der Waals surface area (Å²) in [6.07, 6.45) is 3.53. The van der Waals surface area contributed by atoms with E-state index in [-0.39, 0.29) is 18.1 Å². The Morgan fingerprint density at radius 3 is 2.82 bits per heavy atom. The summed E-state index contributed by atoms with van der Waals surface area (Å²) in [6.45, 7) is 7.86. The van der Waals surface area contributed by atoms with Crippen molar-refractivity contribution in [2.45, 2.75) is 45.8 Å². The van der Waals surface area contributed by atoms with E-state index in [1.54, 1.807) is 6.33 Å². The zero-order valence-electron chi connectivity index (χ0n) is 16.7. The number of ether oxygens (including phenoxy) is 2. The van der Waals surface area contributed by atoms with Gasteiger partial charge in [0.2, 0.25) is 11.8 Å². The van der Waals surface area contributed by atoms with Crippen molar-refractivity contribution in [3.8, 4) is 11.6 Å². The summed E-state index contributed by atoms with van der Waals surface area (Å²) in [5, 5.41) is 2.88. The predicted octanol–water partition coefficient (Wildman–Crippen LogP) is 3.12. The average molecular weight is 384 g/mol. The minimum atomic E-state index is -0.0353. The number of hydrogen-bond acceptors (Lipinski definition) is 6. The van der Waals surface area contributed by atoms with E-state index in [4.69, 9.17) is 9.47 Å². The number of benzene rings is 1. The van der Waals surface area contributed by atoms with Gasteiger partial charge in [-0.2, -0.15) is 0 Å². The summed E-state index contributed by atoms with van der Waals surface area (Å²) in [5.41, 5.74) is 1.05. The van der Waals surface area contributed by atoms with Crippen molar-refractivity contribution in [1.29, 1.82) is 0 Å². The smallest absolute Gasteiger partial charge is 0.218 e. The molecule has 1 aromatic heterocycles. The van der Waals surface area contributed by atoms with Crippen LogP contribution >= 0.6 is 0 Å². The fourth-order valence-electron chi connectivity index (χ4n) is 3.24. The van der Waals surface area contributed by atoms with E-state index in [1.165, 1.54) is 6.92 Å². The highest BCUT2D eigenvalue weighted by Crippen LogP contribution is 2.25. The quantitative estimate of drug-likeness (QED) is 0.754. The van der Waals surface area contributed by atoms with Crippen molar-refractivity contribution >= 4 is 11.7 Å². The highest BCUT2D eigenvalue weighted by molar-refractivity contribution is 5.73. The van der Waals surface area contributed by atoms with E-state index < -0.39 is 0 Å². The second-order valence-electron chi connectivity index (χ2n) is 7.03. The maximum absolute atomic E-state index is 11.2. The molecule has 1 amide bonds. The molecule has 0 bridgehead atoms. The summed E-state index contributed by atoms with van der Waals surface area (Å²) in [5.74, 6) is 2.28. The molecule has 7 nitrogen and oxygen atoms in total. The third-order valence-electron chi connectivity index (χ3n) is 4.65. The van der Waals surface area contributed by atoms with Crippen LogP contribution in [0.3, 0.4) is 0 Å². The van der Waals surface area contributed by atoms with Crippen molar-refractivity contribution in [1.82, 2.24) is 15.3 Å². The molecule has 0 aliphatic carbocycles. The molecule has 150 valence electrons. The molecular weight excluding hydrogens is 356 g/mol. The molecule has 0 radical (unpaired) electrons. The molecule has 0 unspecified atom stereocenters. The summed E-state index contributed by atoms with van der Waals surface area (Å²) in [7, 11) is 0. The molecule has 0 spiro atoms. The first-order chi connectivity index (χ1) is 13.5. The molecule has 7 heteroatoms. The standard InChI is InChI=1S/C21H28N4O3/c1-4-11-27-21-12-20(22-14-23-21)25-10-9-19(13-25)28-18-7-5-17(6-8-18)15(2)24-16(3)26/h5-8,12,14-15,19H,4,9-11,13H2,1-3H3,(H,24,26)/t15-,19+/m0/s1. The summed E-state index contributed by atoms with van der Waals surface area (Å²) >= 11 is 0. The molecule has 1 N–H and O–H groups in total. The van der Waals surface area contributed by atoms with E-state index in [2.05, 4.69) is 27.1 Å². The lowest BCUT2D eigenvalue weighted by molar-refractivity contribution is -0.119. The minimum absolute atomic E-state index is 0.0181. The van der Waals surface area contributed by atoms with Crippen LogP contribution in [-0.4, -0.2) is 41.7 Å². The van der Waals surface area contributed by atoms with Crippen molar-refractivity contribution in [2.24, 2.45) is 0 Å². The van der Waals surface area contributed by atoms with E-state index in [9.17, 15) is 4.79 Å². The maximum atomic E-state index is 11.2. The third-order valence-corrected chi connectivity index (χ3v) is 4.65. The topological polar surface area (TPSA) is 76.6 Å². The van der Waals surface area contributed by atoms with Gasteiger partial charge in [0.1, 0.15) is 24.0 Å². The van der Waals surface area contributed by atoms with Crippen molar-refractivity contribution in [2.75, 3.05) is 24.6 Å².